The van der Waals surface area contributed by atoms with E-state index in [1.165, 1.54) is 5.69 Å². The summed E-state index contributed by atoms with van der Waals surface area (Å²) in [5.74, 6) is 1.50. The van der Waals surface area contributed by atoms with Crippen molar-refractivity contribution in [3.8, 4) is 0 Å². The Morgan fingerprint density at radius 1 is 1.44 bits per heavy atom. The van der Waals surface area contributed by atoms with Crippen molar-refractivity contribution in [2.75, 3.05) is 53.5 Å². The van der Waals surface area contributed by atoms with Crippen LogP contribution >= 0.6 is 39.9 Å². The molecule has 1 atom stereocenters. The Hall–Kier alpha value is -0.320. The molecule has 2 rings (SSSR count). The fourth-order valence-electron chi connectivity index (χ4n) is 2.98. The highest BCUT2D eigenvalue weighted by Crippen LogP contribution is 2.15. The normalized spacial score (nSPS) is 17.1. The molecule has 0 aliphatic carbocycles. The lowest BCUT2D eigenvalue weighted by atomic mass is 10.1. The first-order chi connectivity index (χ1) is 11.5. The molecular weight excluding hydrogens is 497 g/mol. The van der Waals surface area contributed by atoms with Crippen molar-refractivity contribution < 1.29 is 4.74 Å². The van der Waals surface area contributed by atoms with Crippen LogP contribution in [-0.4, -0.2) is 73.8 Å². The molecule has 1 saturated heterocycles. The van der Waals surface area contributed by atoms with Gasteiger partial charge in [0, 0.05) is 63.7 Å². The SMILES string of the molecule is CN=C(NCC(C)CN1CCOCC1)N(C)Cc1cc(Br)cn1C.I. The Bertz CT molecular complexity index is 545. The number of nitrogens with zero attached hydrogens (tertiary/aromatic N) is 4. The summed E-state index contributed by atoms with van der Waals surface area (Å²) in [7, 11) is 5.98. The Morgan fingerprint density at radius 2 is 2.12 bits per heavy atom. The third kappa shape index (κ3) is 7.44. The van der Waals surface area contributed by atoms with Crippen LogP contribution in [0, 0.1) is 5.92 Å². The van der Waals surface area contributed by atoms with Gasteiger partial charge in [-0.2, -0.15) is 0 Å². The number of aliphatic imine (C=N–C) groups is 1. The monoisotopic (exact) mass is 527 g/mol. The van der Waals surface area contributed by atoms with Crippen LogP contribution in [0.4, 0.5) is 0 Å². The predicted molar refractivity (Wildman–Crippen MR) is 118 cm³/mol. The van der Waals surface area contributed by atoms with E-state index in [4.69, 9.17) is 4.74 Å². The zero-order valence-electron chi connectivity index (χ0n) is 15.7. The van der Waals surface area contributed by atoms with Gasteiger partial charge in [0.2, 0.25) is 0 Å². The zero-order valence-corrected chi connectivity index (χ0v) is 19.6. The van der Waals surface area contributed by atoms with Crippen molar-refractivity contribution in [1.82, 2.24) is 19.7 Å². The average molecular weight is 528 g/mol. The standard InChI is InChI=1S/C17H30BrN5O.HI/c1-14(11-23-5-7-24-8-6-23)10-20-17(19-2)22(4)13-16-9-15(18)12-21(16)3;/h9,12,14H,5-8,10-11,13H2,1-4H3,(H,19,20);1H. The average Bonchev–Trinajstić information content (AvgIpc) is 2.86. The first-order valence-corrected chi connectivity index (χ1v) is 9.31. The summed E-state index contributed by atoms with van der Waals surface area (Å²) in [6.07, 6.45) is 2.07. The van der Waals surface area contributed by atoms with E-state index in [2.05, 4.69) is 73.9 Å². The fraction of sp³-hybridized carbons (Fsp3) is 0.706. The molecule has 2 heterocycles. The van der Waals surface area contributed by atoms with Gasteiger partial charge >= 0.3 is 0 Å². The molecule has 1 N–H and O–H groups in total. The molecule has 1 aromatic heterocycles. The van der Waals surface area contributed by atoms with Gasteiger partial charge in [0.15, 0.2) is 5.96 Å². The highest BCUT2D eigenvalue weighted by molar-refractivity contribution is 14.0. The largest absolute Gasteiger partial charge is 0.379 e. The minimum atomic E-state index is 0. The van der Waals surface area contributed by atoms with Gasteiger partial charge in [-0.1, -0.05) is 6.92 Å². The van der Waals surface area contributed by atoms with E-state index >= 15 is 0 Å². The van der Waals surface area contributed by atoms with Crippen molar-refractivity contribution in [3.05, 3.63) is 22.4 Å². The molecule has 144 valence electrons. The third-order valence-electron chi connectivity index (χ3n) is 4.33. The number of rotatable bonds is 6. The van der Waals surface area contributed by atoms with Crippen LogP contribution in [0.1, 0.15) is 12.6 Å². The summed E-state index contributed by atoms with van der Waals surface area (Å²) >= 11 is 3.53. The summed E-state index contributed by atoms with van der Waals surface area (Å²) in [6.45, 7) is 8.92. The van der Waals surface area contributed by atoms with Crippen molar-refractivity contribution in [3.63, 3.8) is 0 Å². The summed E-state index contributed by atoms with van der Waals surface area (Å²) < 4.78 is 8.65. The molecule has 0 amide bonds. The van der Waals surface area contributed by atoms with Crippen LogP contribution in [-0.2, 0) is 18.3 Å². The first kappa shape index (κ1) is 22.7. The number of ether oxygens (including phenoxy) is 1. The number of nitrogens with one attached hydrogen (secondary N) is 1. The number of halogens is 2. The molecule has 1 fully saturated rings. The maximum Gasteiger partial charge on any atom is 0.193 e. The molecule has 8 heteroatoms. The van der Waals surface area contributed by atoms with E-state index in [1.807, 2.05) is 7.05 Å². The number of aromatic nitrogens is 1. The second-order valence-electron chi connectivity index (χ2n) is 6.56. The van der Waals surface area contributed by atoms with Crippen molar-refractivity contribution >= 4 is 45.9 Å². The number of guanidine groups is 1. The maximum atomic E-state index is 5.41. The number of morpholine rings is 1. The van der Waals surface area contributed by atoms with E-state index in [1.54, 1.807) is 0 Å². The van der Waals surface area contributed by atoms with Gasteiger partial charge in [0.25, 0.3) is 0 Å². The Balaban J connectivity index is 0.00000312. The molecule has 1 unspecified atom stereocenters. The van der Waals surface area contributed by atoms with Crippen molar-refractivity contribution in [2.24, 2.45) is 18.0 Å². The molecule has 0 spiro atoms. The van der Waals surface area contributed by atoms with E-state index in [-0.39, 0.29) is 24.0 Å². The molecule has 1 aliphatic heterocycles. The van der Waals surface area contributed by atoms with E-state index in [0.29, 0.717) is 5.92 Å². The van der Waals surface area contributed by atoms with Crippen LogP contribution in [0.15, 0.2) is 21.7 Å². The molecule has 0 aromatic carbocycles. The summed E-state index contributed by atoms with van der Waals surface area (Å²) in [5, 5.41) is 3.50. The zero-order chi connectivity index (χ0) is 17.5. The second-order valence-corrected chi connectivity index (χ2v) is 7.48. The quantitative estimate of drug-likeness (QED) is 0.350. The molecule has 0 bridgehead atoms. The van der Waals surface area contributed by atoms with Crippen LogP contribution in [0.5, 0.6) is 0 Å². The van der Waals surface area contributed by atoms with Gasteiger partial charge in [-0.15, -0.1) is 24.0 Å². The predicted octanol–water partition coefficient (Wildman–Crippen LogP) is 2.38. The molecule has 0 saturated carbocycles. The van der Waals surface area contributed by atoms with Gasteiger partial charge in [0.05, 0.1) is 19.8 Å². The molecule has 1 aromatic rings. The lowest BCUT2D eigenvalue weighted by Gasteiger charge is -2.30. The highest BCUT2D eigenvalue weighted by Gasteiger charge is 2.15. The lowest BCUT2D eigenvalue weighted by molar-refractivity contribution is 0.0320. The first-order valence-electron chi connectivity index (χ1n) is 8.52. The second kappa shape index (κ2) is 11.4. The maximum absolute atomic E-state index is 5.41. The molecule has 1 aliphatic rings. The summed E-state index contributed by atoms with van der Waals surface area (Å²) in [6, 6.07) is 2.14. The topological polar surface area (TPSA) is 45.0 Å². The smallest absolute Gasteiger partial charge is 0.193 e. The number of hydrogen-bond acceptors (Lipinski definition) is 3. The van der Waals surface area contributed by atoms with Gasteiger partial charge in [-0.05, 0) is 27.9 Å². The molecular formula is C17H31BrIN5O. The van der Waals surface area contributed by atoms with E-state index in [0.717, 1.165) is 56.4 Å². The van der Waals surface area contributed by atoms with Crippen molar-refractivity contribution in [2.45, 2.75) is 13.5 Å². The summed E-state index contributed by atoms with van der Waals surface area (Å²) in [5.41, 5.74) is 1.24. The van der Waals surface area contributed by atoms with Gasteiger partial charge in [-0.25, -0.2) is 0 Å². The van der Waals surface area contributed by atoms with Crippen LogP contribution < -0.4 is 5.32 Å². The fourth-order valence-corrected chi connectivity index (χ4v) is 3.55. The van der Waals surface area contributed by atoms with E-state index in [9.17, 15) is 0 Å². The minimum absolute atomic E-state index is 0. The Labute approximate surface area is 177 Å². The Morgan fingerprint density at radius 3 is 2.68 bits per heavy atom. The Kier molecular flexibility index (Phi) is 10.4. The molecule has 25 heavy (non-hydrogen) atoms. The minimum Gasteiger partial charge on any atom is -0.379 e. The molecule has 6 nitrogen and oxygen atoms in total. The van der Waals surface area contributed by atoms with Gasteiger partial charge in [0.1, 0.15) is 0 Å². The van der Waals surface area contributed by atoms with E-state index < -0.39 is 0 Å². The van der Waals surface area contributed by atoms with Crippen LogP contribution in [0.3, 0.4) is 0 Å². The lowest BCUT2D eigenvalue weighted by Crippen LogP contribution is -2.44. The third-order valence-corrected chi connectivity index (χ3v) is 4.76. The van der Waals surface area contributed by atoms with Gasteiger partial charge in [-0.3, -0.25) is 9.89 Å². The van der Waals surface area contributed by atoms with Gasteiger partial charge < -0.3 is 19.5 Å². The van der Waals surface area contributed by atoms with Crippen LogP contribution in [0.2, 0.25) is 0 Å². The highest BCUT2D eigenvalue weighted by atomic mass is 127. The van der Waals surface area contributed by atoms with Crippen molar-refractivity contribution in [1.29, 1.82) is 0 Å². The van der Waals surface area contributed by atoms with Crippen LogP contribution in [0.25, 0.3) is 0 Å². The number of aryl methyl sites for hydroxylation is 1. The molecule has 0 radical (unpaired) electrons. The summed E-state index contributed by atoms with van der Waals surface area (Å²) in [4.78, 5) is 9.05. The number of hydrogen-bond donors (Lipinski definition) is 1.